The largest absolute Gasteiger partial charge is 0.369 e. The molecule has 1 aliphatic rings. The Bertz CT molecular complexity index is 465. The number of nitrogens with zero attached hydrogens (tertiary/aromatic N) is 1. The molecule has 2 nitrogen and oxygen atoms in total. The van der Waals surface area contributed by atoms with E-state index in [0.29, 0.717) is 5.92 Å². The summed E-state index contributed by atoms with van der Waals surface area (Å²) in [4.78, 5) is 2.19. The second-order valence-corrected chi connectivity index (χ2v) is 7.24. The van der Waals surface area contributed by atoms with Crippen LogP contribution in [0.5, 0.6) is 0 Å². The number of anilines is 1. The van der Waals surface area contributed by atoms with E-state index in [1.54, 1.807) is 6.07 Å². The predicted octanol–water partition coefficient (Wildman–Crippen LogP) is 4.76. The average molecular weight is 306 g/mol. The van der Waals surface area contributed by atoms with E-state index < -0.39 is 0 Å². The van der Waals surface area contributed by atoms with Gasteiger partial charge in [-0.15, -0.1) is 0 Å². The number of hydrogen-bond acceptors (Lipinski definition) is 2. The van der Waals surface area contributed by atoms with Gasteiger partial charge in [0.05, 0.1) is 5.69 Å². The van der Waals surface area contributed by atoms with Gasteiger partial charge in [-0.2, -0.15) is 0 Å². The smallest absolute Gasteiger partial charge is 0.146 e. The maximum atomic E-state index is 14.5. The van der Waals surface area contributed by atoms with Gasteiger partial charge < -0.3 is 10.2 Å². The predicted molar refractivity (Wildman–Crippen MR) is 92.9 cm³/mol. The second kappa shape index (κ2) is 7.96. The Morgan fingerprint density at radius 3 is 2.50 bits per heavy atom. The van der Waals surface area contributed by atoms with Crippen LogP contribution in [0.2, 0.25) is 0 Å². The van der Waals surface area contributed by atoms with Crippen molar-refractivity contribution in [2.75, 3.05) is 24.5 Å². The SMILES string of the molecule is CC(C)CCN[C@@H](C)c1ccc(N2CCC(C)CC2)c(F)c1. The van der Waals surface area contributed by atoms with Crippen molar-refractivity contribution in [3.63, 3.8) is 0 Å². The third-order valence-electron chi connectivity index (χ3n) is 4.77. The highest BCUT2D eigenvalue weighted by atomic mass is 19.1. The molecule has 0 spiro atoms. The third kappa shape index (κ3) is 4.70. The van der Waals surface area contributed by atoms with E-state index in [0.717, 1.165) is 56.1 Å². The van der Waals surface area contributed by atoms with Crippen LogP contribution in [0.25, 0.3) is 0 Å². The number of benzene rings is 1. The lowest BCUT2D eigenvalue weighted by Gasteiger charge is -2.32. The van der Waals surface area contributed by atoms with Gasteiger partial charge in [-0.05, 0) is 62.3 Å². The van der Waals surface area contributed by atoms with E-state index in [1.807, 2.05) is 6.07 Å². The molecule has 1 saturated heterocycles. The summed E-state index contributed by atoms with van der Waals surface area (Å²) in [5.74, 6) is 1.38. The number of nitrogens with one attached hydrogen (secondary N) is 1. The van der Waals surface area contributed by atoms with Crippen molar-refractivity contribution < 1.29 is 4.39 Å². The van der Waals surface area contributed by atoms with Gasteiger partial charge in [0.2, 0.25) is 0 Å². The highest BCUT2D eigenvalue weighted by molar-refractivity contribution is 5.50. The molecule has 1 aromatic rings. The highest BCUT2D eigenvalue weighted by Crippen LogP contribution is 2.27. The third-order valence-corrected chi connectivity index (χ3v) is 4.77. The first-order valence-electron chi connectivity index (χ1n) is 8.75. The van der Waals surface area contributed by atoms with Gasteiger partial charge in [0.15, 0.2) is 0 Å². The topological polar surface area (TPSA) is 15.3 Å². The molecule has 0 radical (unpaired) electrons. The zero-order valence-electron chi connectivity index (χ0n) is 14.5. The molecule has 0 aromatic heterocycles. The Morgan fingerprint density at radius 1 is 1.23 bits per heavy atom. The Labute approximate surface area is 135 Å². The molecule has 3 heteroatoms. The molecule has 124 valence electrons. The first kappa shape index (κ1) is 17.3. The van der Waals surface area contributed by atoms with Crippen molar-refractivity contribution in [3.05, 3.63) is 29.6 Å². The minimum Gasteiger partial charge on any atom is -0.369 e. The lowest BCUT2D eigenvalue weighted by Crippen LogP contribution is -2.33. The summed E-state index contributed by atoms with van der Waals surface area (Å²) < 4.78 is 14.5. The number of hydrogen-bond donors (Lipinski definition) is 1. The quantitative estimate of drug-likeness (QED) is 0.815. The summed E-state index contributed by atoms with van der Waals surface area (Å²) in [5, 5.41) is 3.48. The molecule has 22 heavy (non-hydrogen) atoms. The average Bonchev–Trinajstić information content (AvgIpc) is 2.48. The maximum Gasteiger partial charge on any atom is 0.146 e. The number of piperidine rings is 1. The first-order valence-corrected chi connectivity index (χ1v) is 8.75. The van der Waals surface area contributed by atoms with Crippen LogP contribution < -0.4 is 10.2 Å². The summed E-state index contributed by atoms with van der Waals surface area (Å²) >= 11 is 0. The van der Waals surface area contributed by atoms with Gasteiger partial charge in [0.25, 0.3) is 0 Å². The Kier molecular flexibility index (Phi) is 6.25. The molecular weight excluding hydrogens is 275 g/mol. The molecule has 0 bridgehead atoms. The monoisotopic (exact) mass is 306 g/mol. The molecule has 2 rings (SSSR count). The van der Waals surface area contributed by atoms with Crippen LogP contribution in [0.15, 0.2) is 18.2 Å². The minimum atomic E-state index is -0.0791. The normalized spacial score (nSPS) is 18.0. The Hall–Kier alpha value is -1.09. The van der Waals surface area contributed by atoms with Crippen LogP contribution >= 0.6 is 0 Å². The van der Waals surface area contributed by atoms with Gasteiger partial charge in [0.1, 0.15) is 5.82 Å². The minimum absolute atomic E-state index is 0.0791. The van der Waals surface area contributed by atoms with E-state index in [9.17, 15) is 4.39 Å². The van der Waals surface area contributed by atoms with Crippen molar-refractivity contribution >= 4 is 5.69 Å². The Balaban J connectivity index is 1.96. The van der Waals surface area contributed by atoms with Crippen LogP contribution in [0.1, 0.15) is 58.6 Å². The zero-order chi connectivity index (χ0) is 16.1. The maximum absolute atomic E-state index is 14.5. The van der Waals surface area contributed by atoms with E-state index in [-0.39, 0.29) is 11.9 Å². The van der Waals surface area contributed by atoms with Gasteiger partial charge >= 0.3 is 0 Å². The molecule has 1 atom stereocenters. The van der Waals surface area contributed by atoms with E-state index in [1.165, 1.54) is 0 Å². The molecular formula is C19H31FN2. The zero-order valence-corrected chi connectivity index (χ0v) is 14.5. The van der Waals surface area contributed by atoms with Crippen molar-refractivity contribution in [2.45, 2.75) is 53.0 Å². The molecule has 0 unspecified atom stereocenters. The van der Waals surface area contributed by atoms with Crippen molar-refractivity contribution in [1.82, 2.24) is 5.32 Å². The van der Waals surface area contributed by atoms with E-state index >= 15 is 0 Å². The lowest BCUT2D eigenvalue weighted by atomic mass is 9.98. The van der Waals surface area contributed by atoms with Gasteiger partial charge in [0, 0.05) is 19.1 Å². The number of halogens is 1. The van der Waals surface area contributed by atoms with Gasteiger partial charge in [-0.25, -0.2) is 4.39 Å². The molecule has 0 saturated carbocycles. The summed E-state index contributed by atoms with van der Waals surface area (Å²) in [6.45, 7) is 11.8. The molecule has 1 heterocycles. The molecule has 0 aliphatic carbocycles. The van der Waals surface area contributed by atoms with Crippen LogP contribution in [0.3, 0.4) is 0 Å². The standard InChI is InChI=1S/C19H31FN2/c1-14(2)7-10-21-16(4)17-5-6-19(18(20)13-17)22-11-8-15(3)9-12-22/h5-6,13-16,21H,7-12H2,1-4H3/t16-/m0/s1. The van der Waals surface area contributed by atoms with Gasteiger partial charge in [-0.3, -0.25) is 0 Å². The molecule has 0 amide bonds. The lowest BCUT2D eigenvalue weighted by molar-refractivity contribution is 0.434. The fraction of sp³-hybridized carbons (Fsp3) is 0.684. The Morgan fingerprint density at radius 2 is 1.91 bits per heavy atom. The fourth-order valence-corrected chi connectivity index (χ4v) is 3.00. The van der Waals surface area contributed by atoms with E-state index in [4.69, 9.17) is 0 Å². The van der Waals surface area contributed by atoms with E-state index in [2.05, 4.69) is 44.0 Å². The fourth-order valence-electron chi connectivity index (χ4n) is 3.00. The first-order chi connectivity index (χ1) is 10.5. The van der Waals surface area contributed by atoms with Crippen molar-refractivity contribution in [1.29, 1.82) is 0 Å². The van der Waals surface area contributed by atoms with Crippen LogP contribution in [-0.2, 0) is 0 Å². The summed E-state index contributed by atoms with van der Waals surface area (Å²) in [5.41, 5.74) is 1.81. The summed E-state index contributed by atoms with van der Waals surface area (Å²) in [6, 6.07) is 5.94. The van der Waals surface area contributed by atoms with Crippen LogP contribution in [0, 0.1) is 17.7 Å². The number of rotatable bonds is 6. The van der Waals surface area contributed by atoms with Crippen molar-refractivity contribution in [2.24, 2.45) is 11.8 Å². The second-order valence-electron chi connectivity index (χ2n) is 7.24. The molecule has 1 aromatic carbocycles. The van der Waals surface area contributed by atoms with Crippen LogP contribution in [-0.4, -0.2) is 19.6 Å². The molecule has 1 aliphatic heterocycles. The van der Waals surface area contributed by atoms with Crippen LogP contribution in [0.4, 0.5) is 10.1 Å². The molecule has 1 fully saturated rings. The highest BCUT2D eigenvalue weighted by Gasteiger charge is 2.19. The summed E-state index contributed by atoms with van der Waals surface area (Å²) in [6.07, 6.45) is 3.47. The molecule has 1 N–H and O–H groups in total. The summed E-state index contributed by atoms with van der Waals surface area (Å²) in [7, 11) is 0. The van der Waals surface area contributed by atoms with Gasteiger partial charge in [-0.1, -0.05) is 26.8 Å². The van der Waals surface area contributed by atoms with Crippen molar-refractivity contribution in [3.8, 4) is 0 Å².